The van der Waals surface area contributed by atoms with Gasteiger partial charge in [-0.3, -0.25) is 9.59 Å². The summed E-state index contributed by atoms with van der Waals surface area (Å²) in [5.74, 6) is -1.39. The maximum Gasteiger partial charge on any atom is 0.335 e. The lowest BCUT2D eigenvalue weighted by atomic mass is 9.95. The first kappa shape index (κ1) is 18.7. The number of carboxylic acid groups (broad SMARTS) is 1. The van der Waals surface area contributed by atoms with E-state index in [9.17, 15) is 14.4 Å². The van der Waals surface area contributed by atoms with E-state index in [1.54, 1.807) is 39.8 Å². The Bertz CT molecular complexity index is 573. The molecule has 1 unspecified atom stereocenters. The Morgan fingerprint density at radius 2 is 1.70 bits per heavy atom. The molecular formula is C17H24N2O4. The van der Waals surface area contributed by atoms with Crippen LogP contribution in [0, 0.1) is 5.41 Å². The predicted molar refractivity (Wildman–Crippen MR) is 87.2 cm³/mol. The molecule has 0 aliphatic rings. The van der Waals surface area contributed by atoms with E-state index in [2.05, 4.69) is 10.6 Å². The van der Waals surface area contributed by atoms with Crippen LogP contribution in [0.2, 0.25) is 0 Å². The van der Waals surface area contributed by atoms with Crippen LogP contribution in [0.4, 0.5) is 0 Å². The minimum Gasteiger partial charge on any atom is -0.478 e. The summed E-state index contributed by atoms with van der Waals surface area (Å²) >= 11 is 0. The normalized spacial score (nSPS) is 12.3. The Hall–Kier alpha value is -2.37. The summed E-state index contributed by atoms with van der Waals surface area (Å²) in [7, 11) is 0. The van der Waals surface area contributed by atoms with E-state index in [1.165, 1.54) is 12.1 Å². The number of nitrogens with one attached hydrogen (secondary N) is 2. The number of rotatable bonds is 6. The Morgan fingerprint density at radius 1 is 1.13 bits per heavy atom. The zero-order chi connectivity index (χ0) is 17.6. The average molecular weight is 320 g/mol. The van der Waals surface area contributed by atoms with Crippen LogP contribution < -0.4 is 10.6 Å². The van der Waals surface area contributed by atoms with Gasteiger partial charge in [-0.15, -0.1) is 0 Å². The van der Waals surface area contributed by atoms with Crippen molar-refractivity contribution in [3.8, 4) is 0 Å². The molecule has 0 spiro atoms. The van der Waals surface area contributed by atoms with Crippen molar-refractivity contribution in [2.75, 3.05) is 6.54 Å². The third-order valence-corrected chi connectivity index (χ3v) is 3.34. The molecule has 0 saturated carbocycles. The number of benzene rings is 1. The molecule has 1 aromatic carbocycles. The van der Waals surface area contributed by atoms with Gasteiger partial charge >= 0.3 is 5.97 Å². The van der Waals surface area contributed by atoms with Gasteiger partial charge in [-0.05, 0) is 31.0 Å². The molecule has 0 bridgehead atoms. The van der Waals surface area contributed by atoms with Gasteiger partial charge in [0.25, 0.3) is 0 Å². The number of carbonyl (C=O) groups is 3. The van der Waals surface area contributed by atoms with E-state index in [-0.39, 0.29) is 17.4 Å². The summed E-state index contributed by atoms with van der Waals surface area (Å²) in [6.07, 6.45) is 0.589. The van der Waals surface area contributed by atoms with E-state index in [0.717, 1.165) is 5.56 Å². The zero-order valence-corrected chi connectivity index (χ0v) is 14.0. The van der Waals surface area contributed by atoms with Gasteiger partial charge in [0, 0.05) is 12.0 Å². The molecule has 1 atom stereocenters. The van der Waals surface area contributed by atoms with Crippen LogP contribution in [0.3, 0.4) is 0 Å². The molecular weight excluding hydrogens is 296 g/mol. The van der Waals surface area contributed by atoms with E-state index < -0.39 is 17.4 Å². The zero-order valence-electron chi connectivity index (χ0n) is 14.0. The lowest BCUT2D eigenvalue weighted by Crippen LogP contribution is -2.48. The molecule has 0 aliphatic carbocycles. The van der Waals surface area contributed by atoms with Crippen molar-refractivity contribution in [2.45, 2.75) is 40.2 Å². The van der Waals surface area contributed by atoms with Crippen molar-refractivity contribution in [3.63, 3.8) is 0 Å². The van der Waals surface area contributed by atoms with E-state index in [1.807, 2.05) is 0 Å². The van der Waals surface area contributed by atoms with Crippen LogP contribution in [0.5, 0.6) is 0 Å². The van der Waals surface area contributed by atoms with Crippen LogP contribution in [0.1, 0.15) is 43.6 Å². The highest BCUT2D eigenvalue weighted by Gasteiger charge is 2.24. The average Bonchev–Trinajstić information content (AvgIpc) is 2.46. The van der Waals surface area contributed by atoms with Gasteiger partial charge in [-0.2, -0.15) is 0 Å². The van der Waals surface area contributed by atoms with Crippen molar-refractivity contribution in [1.29, 1.82) is 0 Å². The summed E-state index contributed by atoms with van der Waals surface area (Å²) in [4.78, 5) is 34.5. The summed E-state index contributed by atoms with van der Waals surface area (Å²) in [6, 6.07) is 5.91. The topological polar surface area (TPSA) is 95.5 Å². The van der Waals surface area contributed by atoms with Crippen LogP contribution >= 0.6 is 0 Å². The first-order chi connectivity index (χ1) is 10.6. The molecule has 6 heteroatoms. The summed E-state index contributed by atoms with van der Waals surface area (Å²) in [5.41, 5.74) is 0.624. The largest absolute Gasteiger partial charge is 0.478 e. The smallest absolute Gasteiger partial charge is 0.335 e. The number of aromatic carboxylic acids is 1. The number of hydrogen-bond acceptors (Lipinski definition) is 3. The molecule has 1 rings (SSSR count). The fraction of sp³-hybridized carbons (Fsp3) is 0.471. The van der Waals surface area contributed by atoms with Gasteiger partial charge in [0.05, 0.1) is 5.56 Å². The number of carboxylic acids is 1. The van der Waals surface area contributed by atoms with Crippen LogP contribution in [0.15, 0.2) is 24.3 Å². The van der Waals surface area contributed by atoms with E-state index in [0.29, 0.717) is 13.0 Å². The minimum absolute atomic E-state index is 0.176. The second-order valence-corrected chi connectivity index (χ2v) is 6.49. The highest BCUT2D eigenvalue weighted by atomic mass is 16.4. The molecule has 1 aromatic rings. The first-order valence-electron chi connectivity index (χ1n) is 7.52. The van der Waals surface area contributed by atoms with Gasteiger partial charge in [0.1, 0.15) is 6.04 Å². The quantitative estimate of drug-likeness (QED) is 0.742. The van der Waals surface area contributed by atoms with E-state index >= 15 is 0 Å². The maximum atomic E-state index is 11.9. The molecule has 0 aliphatic heterocycles. The van der Waals surface area contributed by atoms with Crippen molar-refractivity contribution in [1.82, 2.24) is 10.6 Å². The second-order valence-electron chi connectivity index (χ2n) is 6.49. The molecule has 0 saturated heterocycles. The minimum atomic E-state index is -0.965. The molecule has 2 amide bonds. The molecule has 0 aromatic heterocycles. The van der Waals surface area contributed by atoms with Crippen molar-refractivity contribution < 1.29 is 19.5 Å². The van der Waals surface area contributed by atoms with Crippen LogP contribution in [-0.2, 0) is 16.0 Å². The molecule has 0 fully saturated rings. The van der Waals surface area contributed by atoms with Gasteiger partial charge in [0.15, 0.2) is 0 Å². The van der Waals surface area contributed by atoms with Gasteiger partial charge < -0.3 is 15.7 Å². The number of hydrogen-bond donors (Lipinski definition) is 3. The lowest BCUT2D eigenvalue weighted by molar-refractivity contribution is -0.133. The fourth-order valence-electron chi connectivity index (χ4n) is 1.78. The Labute approximate surface area is 136 Å². The molecule has 126 valence electrons. The van der Waals surface area contributed by atoms with Crippen LogP contribution in [-0.4, -0.2) is 35.5 Å². The molecule has 23 heavy (non-hydrogen) atoms. The summed E-state index contributed by atoms with van der Waals surface area (Å²) in [6.45, 7) is 7.41. The van der Waals surface area contributed by atoms with E-state index in [4.69, 9.17) is 5.11 Å². The third-order valence-electron chi connectivity index (χ3n) is 3.34. The predicted octanol–water partition coefficient (Wildman–Crippen LogP) is 1.59. The monoisotopic (exact) mass is 320 g/mol. The molecule has 0 heterocycles. The van der Waals surface area contributed by atoms with Crippen molar-refractivity contribution in [2.24, 2.45) is 5.41 Å². The molecule has 6 nitrogen and oxygen atoms in total. The summed E-state index contributed by atoms with van der Waals surface area (Å²) in [5, 5.41) is 14.3. The summed E-state index contributed by atoms with van der Waals surface area (Å²) < 4.78 is 0. The van der Waals surface area contributed by atoms with Crippen LogP contribution in [0.25, 0.3) is 0 Å². The second kappa shape index (κ2) is 7.76. The highest BCUT2D eigenvalue weighted by Crippen LogP contribution is 2.12. The van der Waals surface area contributed by atoms with Crippen molar-refractivity contribution >= 4 is 17.8 Å². The fourth-order valence-corrected chi connectivity index (χ4v) is 1.78. The van der Waals surface area contributed by atoms with Crippen molar-refractivity contribution in [3.05, 3.63) is 35.4 Å². The Kier molecular flexibility index (Phi) is 6.30. The highest BCUT2D eigenvalue weighted by molar-refractivity contribution is 5.89. The first-order valence-corrected chi connectivity index (χ1v) is 7.52. The van der Waals surface area contributed by atoms with Gasteiger partial charge in [0.2, 0.25) is 11.8 Å². The molecule has 3 N–H and O–H groups in total. The SMILES string of the molecule is CC(NC(=O)C(C)(C)C)C(=O)NCCc1ccc(C(=O)O)cc1. The standard InChI is InChI=1S/C17H24N2O4/c1-11(19-16(23)17(2,3)4)14(20)18-10-9-12-5-7-13(8-6-12)15(21)22/h5-8,11H,9-10H2,1-4H3,(H,18,20)(H,19,23)(H,21,22). The number of amides is 2. The maximum absolute atomic E-state index is 11.9. The lowest BCUT2D eigenvalue weighted by Gasteiger charge is -2.21. The third kappa shape index (κ3) is 6.10. The van der Waals surface area contributed by atoms with Gasteiger partial charge in [-0.25, -0.2) is 4.79 Å². The number of carbonyl (C=O) groups excluding carboxylic acids is 2. The Morgan fingerprint density at radius 3 is 2.17 bits per heavy atom. The molecule has 0 radical (unpaired) electrons. The van der Waals surface area contributed by atoms with Gasteiger partial charge in [-0.1, -0.05) is 32.9 Å². The Balaban J connectivity index is 2.41.